The van der Waals surface area contributed by atoms with E-state index in [4.69, 9.17) is 19.2 Å². The molecule has 1 fully saturated rings. The molecule has 11 nitrogen and oxygen atoms in total. The summed E-state index contributed by atoms with van der Waals surface area (Å²) in [6.45, 7) is 5.16. The third kappa shape index (κ3) is 5.29. The van der Waals surface area contributed by atoms with Gasteiger partial charge in [-0.2, -0.15) is 0 Å². The average Bonchev–Trinajstić information content (AvgIpc) is 3.27. The Morgan fingerprint density at radius 2 is 2.03 bits per heavy atom. The van der Waals surface area contributed by atoms with Crippen LogP contribution in [0.25, 0.3) is 0 Å². The van der Waals surface area contributed by atoms with Gasteiger partial charge in [0.2, 0.25) is 11.8 Å². The molecule has 1 saturated heterocycles. The molecule has 0 radical (unpaired) electrons. The number of benzene rings is 1. The molecule has 0 unspecified atom stereocenters. The number of hydrogen-bond donors (Lipinski definition) is 1. The molecule has 2 amide bonds. The van der Waals surface area contributed by atoms with Crippen molar-refractivity contribution >= 4 is 29.3 Å². The normalized spacial score (nSPS) is 21.2. The summed E-state index contributed by atoms with van der Waals surface area (Å²) in [6.07, 6.45) is 2.28. The number of methoxy groups -OCH3 is 1. The highest BCUT2D eigenvalue weighted by molar-refractivity contribution is 6.08. The Hall–Kier alpha value is -3.93. The van der Waals surface area contributed by atoms with Gasteiger partial charge in [-0.3, -0.25) is 19.4 Å². The van der Waals surface area contributed by atoms with Crippen molar-refractivity contribution in [2.75, 3.05) is 32.7 Å². The number of aliphatic imine (C=N–C) groups is 1. The van der Waals surface area contributed by atoms with Gasteiger partial charge in [0.05, 0.1) is 38.6 Å². The number of anilines is 1. The molecule has 196 valence electrons. The van der Waals surface area contributed by atoms with Gasteiger partial charge in [0.15, 0.2) is 0 Å². The van der Waals surface area contributed by atoms with Crippen molar-refractivity contribution < 1.29 is 33.0 Å². The summed E-state index contributed by atoms with van der Waals surface area (Å²) < 4.78 is 31.2. The summed E-state index contributed by atoms with van der Waals surface area (Å²) in [5, 5.41) is 2.66. The fraction of sp³-hybridized carbons (Fsp3) is 0.440. The minimum atomic E-state index is -1.41. The van der Waals surface area contributed by atoms with Crippen LogP contribution in [-0.4, -0.2) is 71.5 Å². The highest BCUT2D eigenvalue weighted by Crippen LogP contribution is 2.45. The summed E-state index contributed by atoms with van der Waals surface area (Å²) in [7, 11) is 2.94. The largest absolute Gasteiger partial charge is 0.480 e. The second-order valence-electron chi connectivity index (χ2n) is 9.77. The molecule has 4 rings (SSSR count). The van der Waals surface area contributed by atoms with E-state index in [0.717, 1.165) is 0 Å². The van der Waals surface area contributed by atoms with E-state index in [1.807, 2.05) is 0 Å². The Bertz CT molecular complexity index is 1260. The lowest BCUT2D eigenvalue weighted by Gasteiger charge is -2.38. The number of carbonyl (C=O) groups is 3. The van der Waals surface area contributed by atoms with Crippen LogP contribution in [0.4, 0.5) is 10.1 Å². The van der Waals surface area contributed by atoms with Crippen LogP contribution < -0.4 is 10.1 Å². The van der Waals surface area contributed by atoms with Gasteiger partial charge in [-0.05, 0) is 39.0 Å². The molecule has 0 spiro atoms. The van der Waals surface area contributed by atoms with Gasteiger partial charge >= 0.3 is 5.97 Å². The maximum Gasteiger partial charge on any atom is 0.313 e. The third-order valence-electron chi connectivity index (χ3n) is 6.01. The fourth-order valence-corrected chi connectivity index (χ4v) is 4.28. The molecule has 1 N–H and O–H groups in total. The van der Waals surface area contributed by atoms with E-state index in [1.54, 1.807) is 20.8 Å². The molecule has 37 heavy (non-hydrogen) atoms. The lowest BCUT2D eigenvalue weighted by atomic mass is 9.78. The predicted octanol–water partition coefficient (Wildman–Crippen LogP) is 2.32. The number of ether oxygens (including phenoxy) is 3. The van der Waals surface area contributed by atoms with Crippen LogP contribution in [-0.2, 0) is 24.6 Å². The van der Waals surface area contributed by atoms with Crippen molar-refractivity contribution in [3.05, 3.63) is 47.7 Å². The van der Waals surface area contributed by atoms with E-state index < -0.39 is 34.8 Å². The summed E-state index contributed by atoms with van der Waals surface area (Å²) in [5.74, 6) is -2.54. The summed E-state index contributed by atoms with van der Waals surface area (Å²) >= 11 is 0. The van der Waals surface area contributed by atoms with Crippen LogP contribution >= 0.6 is 0 Å². The molecule has 0 bridgehead atoms. The van der Waals surface area contributed by atoms with Crippen LogP contribution in [0.5, 0.6) is 5.88 Å². The molecule has 2 aliphatic rings. The predicted molar refractivity (Wildman–Crippen MR) is 130 cm³/mol. The number of hydrogen-bond acceptors (Lipinski definition) is 9. The van der Waals surface area contributed by atoms with Gasteiger partial charge in [0.1, 0.15) is 34.9 Å². The first kappa shape index (κ1) is 26.1. The number of nitrogens with zero attached hydrogens (tertiary/aromatic N) is 4. The molecule has 2 aromatic rings. The number of aromatic nitrogens is 2. The van der Waals surface area contributed by atoms with Crippen molar-refractivity contribution in [1.29, 1.82) is 0 Å². The molecule has 2 atom stereocenters. The minimum Gasteiger partial charge on any atom is -0.480 e. The van der Waals surface area contributed by atoms with Crippen molar-refractivity contribution in [2.24, 2.45) is 10.9 Å². The molecule has 3 heterocycles. The highest BCUT2D eigenvalue weighted by Gasteiger charge is 2.55. The summed E-state index contributed by atoms with van der Waals surface area (Å²) in [5.41, 5.74) is -1.78. The minimum absolute atomic E-state index is 0.0269. The average molecular weight is 514 g/mol. The van der Waals surface area contributed by atoms with Crippen molar-refractivity contribution in [1.82, 2.24) is 14.9 Å². The van der Waals surface area contributed by atoms with Crippen LogP contribution in [0.15, 0.2) is 35.6 Å². The van der Waals surface area contributed by atoms with Gasteiger partial charge in [0, 0.05) is 18.3 Å². The molecule has 12 heteroatoms. The zero-order valence-electron chi connectivity index (χ0n) is 21.2. The Morgan fingerprint density at radius 1 is 1.27 bits per heavy atom. The number of amides is 2. The molecular formula is C25H28FN5O6. The lowest BCUT2D eigenvalue weighted by Crippen LogP contribution is -2.52. The number of halogens is 1. The standard InChI is InChI=1S/C25H28FN5O6/c1-24(2,3)37-21(32)9-19-30-25(13-36-12-16(25)23(34)31(19)4)15-8-14(6-7-17(15)26)29-22(33)18-10-28-20(35-5)11-27-18/h6-8,10-11,16H,9,12-13H2,1-5H3,(H,29,33)/t16-,25+/m0/s1. The SMILES string of the molecule is COc1cnc(C(=O)Nc2ccc(F)c([C@]34COC[C@H]3C(=O)N(C)C(CC(=O)OC(C)(C)C)=N4)c2)cn1. The first-order valence-corrected chi connectivity index (χ1v) is 11.6. The van der Waals surface area contributed by atoms with E-state index in [2.05, 4.69) is 15.3 Å². The van der Waals surface area contributed by atoms with Gasteiger partial charge < -0.3 is 24.4 Å². The molecule has 1 aromatic heterocycles. The summed E-state index contributed by atoms with van der Waals surface area (Å²) in [6, 6.07) is 3.98. The van der Waals surface area contributed by atoms with Crippen LogP contribution in [0.2, 0.25) is 0 Å². The third-order valence-corrected chi connectivity index (χ3v) is 6.01. The summed E-state index contributed by atoms with van der Waals surface area (Å²) in [4.78, 5) is 52.4. The van der Waals surface area contributed by atoms with Gasteiger partial charge in [-0.15, -0.1) is 0 Å². The van der Waals surface area contributed by atoms with E-state index in [0.29, 0.717) is 0 Å². The molecule has 1 aromatic carbocycles. The quantitative estimate of drug-likeness (QED) is 0.582. The number of carbonyl (C=O) groups excluding carboxylic acids is 3. The molecule has 0 saturated carbocycles. The molecular weight excluding hydrogens is 485 g/mol. The van der Waals surface area contributed by atoms with Crippen molar-refractivity contribution in [2.45, 2.75) is 38.3 Å². The maximum absolute atomic E-state index is 15.3. The highest BCUT2D eigenvalue weighted by atomic mass is 19.1. The zero-order valence-corrected chi connectivity index (χ0v) is 21.2. The van der Waals surface area contributed by atoms with E-state index in [1.165, 1.54) is 49.7 Å². The lowest BCUT2D eigenvalue weighted by molar-refractivity contribution is -0.153. The van der Waals surface area contributed by atoms with Gasteiger partial charge in [-0.1, -0.05) is 0 Å². The number of nitrogens with one attached hydrogen (secondary N) is 1. The topological polar surface area (TPSA) is 132 Å². The number of esters is 1. The Kier molecular flexibility index (Phi) is 6.96. The van der Waals surface area contributed by atoms with Crippen LogP contribution in [0.1, 0.15) is 43.2 Å². The zero-order chi connectivity index (χ0) is 27.0. The van der Waals surface area contributed by atoms with Crippen molar-refractivity contribution in [3.8, 4) is 5.88 Å². The monoisotopic (exact) mass is 513 g/mol. The molecule has 0 aliphatic carbocycles. The van der Waals surface area contributed by atoms with E-state index in [-0.39, 0.29) is 54.2 Å². The maximum atomic E-state index is 15.3. The van der Waals surface area contributed by atoms with Gasteiger partial charge in [-0.25, -0.2) is 14.4 Å². The second-order valence-corrected chi connectivity index (χ2v) is 9.77. The Balaban J connectivity index is 1.68. The number of rotatable bonds is 6. The smallest absolute Gasteiger partial charge is 0.313 e. The van der Waals surface area contributed by atoms with Crippen molar-refractivity contribution in [3.63, 3.8) is 0 Å². The Labute approximate surface area is 213 Å². The molecule has 2 aliphatic heterocycles. The number of fused-ring (bicyclic) bond motifs is 1. The van der Waals surface area contributed by atoms with E-state index in [9.17, 15) is 14.4 Å². The number of amidine groups is 1. The van der Waals surface area contributed by atoms with E-state index >= 15 is 4.39 Å². The second kappa shape index (κ2) is 9.85. The van der Waals surface area contributed by atoms with Gasteiger partial charge in [0.25, 0.3) is 5.91 Å². The van der Waals surface area contributed by atoms with Crippen LogP contribution in [0, 0.1) is 11.7 Å². The Morgan fingerprint density at radius 3 is 2.68 bits per heavy atom. The fourth-order valence-electron chi connectivity index (χ4n) is 4.28. The van der Waals surface area contributed by atoms with Crippen LogP contribution in [0.3, 0.4) is 0 Å². The first-order chi connectivity index (χ1) is 17.4. The first-order valence-electron chi connectivity index (χ1n) is 11.6.